The summed E-state index contributed by atoms with van der Waals surface area (Å²) in [6.07, 6.45) is 8.88. The normalized spacial score (nSPS) is 10.1. The second-order valence-electron chi connectivity index (χ2n) is 3.19. The molecule has 0 N–H and O–H groups in total. The van der Waals surface area contributed by atoms with Crippen LogP contribution in [0, 0.1) is 0 Å². The van der Waals surface area contributed by atoms with Crippen molar-refractivity contribution in [2.24, 2.45) is 0 Å². The van der Waals surface area contributed by atoms with Crippen molar-refractivity contribution in [3.63, 3.8) is 0 Å². The van der Waals surface area contributed by atoms with Crippen molar-refractivity contribution in [2.75, 3.05) is 0 Å². The summed E-state index contributed by atoms with van der Waals surface area (Å²) in [6.45, 7) is 8.26. The van der Waals surface area contributed by atoms with E-state index in [2.05, 4.69) is 30.0 Å². The van der Waals surface area contributed by atoms with Gasteiger partial charge in [-0.25, -0.2) is 4.57 Å². The molecule has 0 spiro atoms. The zero-order valence-electron chi connectivity index (χ0n) is 9.33. The molecule has 1 rings (SSSR count). The van der Waals surface area contributed by atoms with Gasteiger partial charge in [0.2, 0.25) is 0 Å². The van der Waals surface area contributed by atoms with E-state index in [9.17, 15) is 17.3 Å². The standard InChI is InChI=1S/C11H14N.BF4/c1-3-6-11-7-5-9-12(10-11)8-4-2;2-1(3,4)5/h3-5,7,9-10H,1-2,6,8H2;/q+1;-1. The summed E-state index contributed by atoms with van der Waals surface area (Å²) in [6, 6.07) is 4.14. The van der Waals surface area contributed by atoms with Crippen molar-refractivity contribution in [3.8, 4) is 0 Å². The first-order valence-corrected chi connectivity index (χ1v) is 4.94. The van der Waals surface area contributed by atoms with Crippen LogP contribution >= 0.6 is 0 Å². The van der Waals surface area contributed by atoms with Gasteiger partial charge in [0.15, 0.2) is 18.9 Å². The molecule has 17 heavy (non-hydrogen) atoms. The van der Waals surface area contributed by atoms with E-state index in [1.165, 1.54) is 5.56 Å². The molecule has 1 aromatic rings. The number of hydrogen-bond acceptors (Lipinski definition) is 0. The summed E-state index contributed by atoms with van der Waals surface area (Å²) >= 11 is 0. The van der Waals surface area contributed by atoms with Gasteiger partial charge in [0.25, 0.3) is 0 Å². The lowest BCUT2D eigenvalue weighted by atomic mass is 10.2. The van der Waals surface area contributed by atoms with Crippen LogP contribution in [-0.4, -0.2) is 7.25 Å². The molecule has 0 aliphatic rings. The summed E-state index contributed by atoms with van der Waals surface area (Å²) in [4.78, 5) is 0. The monoisotopic (exact) mass is 247 g/mol. The molecular formula is C11H14BF4N. The average Bonchev–Trinajstić information content (AvgIpc) is 2.16. The van der Waals surface area contributed by atoms with Gasteiger partial charge in [0.1, 0.15) is 0 Å². The van der Waals surface area contributed by atoms with Gasteiger partial charge in [0.05, 0.1) is 0 Å². The average molecular weight is 247 g/mol. The zero-order chi connectivity index (χ0) is 13.3. The molecule has 0 aliphatic heterocycles. The SMILES string of the molecule is C=CCc1ccc[n+](CC=C)c1.F[B-](F)(F)F. The molecule has 0 aromatic carbocycles. The molecule has 0 fully saturated rings. The highest BCUT2D eigenvalue weighted by atomic mass is 19.5. The van der Waals surface area contributed by atoms with Crippen LogP contribution in [0.2, 0.25) is 0 Å². The Morgan fingerprint density at radius 2 is 1.76 bits per heavy atom. The molecule has 94 valence electrons. The van der Waals surface area contributed by atoms with Crippen LogP contribution in [-0.2, 0) is 13.0 Å². The van der Waals surface area contributed by atoms with Crippen molar-refractivity contribution in [1.82, 2.24) is 0 Å². The lowest BCUT2D eigenvalue weighted by Gasteiger charge is -1.94. The first-order chi connectivity index (χ1) is 7.86. The Balaban J connectivity index is 0.000000437. The van der Waals surface area contributed by atoms with Crippen LogP contribution in [0.1, 0.15) is 5.56 Å². The molecule has 0 atom stereocenters. The van der Waals surface area contributed by atoms with E-state index in [-0.39, 0.29) is 0 Å². The van der Waals surface area contributed by atoms with Crippen LogP contribution < -0.4 is 4.57 Å². The smallest absolute Gasteiger partial charge is 0.418 e. The van der Waals surface area contributed by atoms with E-state index in [0.717, 1.165) is 13.0 Å². The van der Waals surface area contributed by atoms with Crippen molar-refractivity contribution in [2.45, 2.75) is 13.0 Å². The van der Waals surface area contributed by atoms with E-state index in [4.69, 9.17) is 0 Å². The summed E-state index contributed by atoms with van der Waals surface area (Å²) in [5, 5.41) is 0. The Morgan fingerprint density at radius 1 is 1.18 bits per heavy atom. The molecule has 1 aromatic heterocycles. The Bertz CT molecular complexity index is 331. The molecule has 1 heterocycles. The highest BCUT2D eigenvalue weighted by Gasteiger charge is 2.20. The number of aromatic nitrogens is 1. The summed E-state index contributed by atoms with van der Waals surface area (Å²) in [5.74, 6) is 0. The summed E-state index contributed by atoms with van der Waals surface area (Å²) < 4.78 is 41.1. The molecule has 0 saturated carbocycles. The first-order valence-electron chi connectivity index (χ1n) is 4.94. The maximum atomic E-state index is 9.75. The minimum absolute atomic E-state index is 0.866. The fourth-order valence-corrected chi connectivity index (χ4v) is 1.13. The molecular weight excluding hydrogens is 233 g/mol. The van der Waals surface area contributed by atoms with Crippen molar-refractivity contribution in [1.29, 1.82) is 0 Å². The van der Waals surface area contributed by atoms with Crippen LogP contribution in [0.25, 0.3) is 0 Å². The van der Waals surface area contributed by atoms with Crippen molar-refractivity contribution < 1.29 is 21.8 Å². The van der Waals surface area contributed by atoms with E-state index in [0.29, 0.717) is 0 Å². The van der Waals surface area contributed by atoms with E-state index in [1.807, 2.05) is 24.4 Å². The Labute approximate surface area is 98.2 Å². The van der Waals surface area contributed by atoms with Crippen LogP contribution in [0.4, 0.5) is 17.3 Å². The van der Waals surface area contributed by atoms with Gasteiger partial charge < -0.3 is 17.3 Å². The van der Waals surface area contributed by atoms with Gasteiger partial charge in [-0.05, 0) is 18.6 Å². The zero-order valence-corrected chi connectivity index (χ0v) is 9.33. The van der Waals surface area contributed by atoms with Crippen LogP contribution in [0.3, 0.4) is 0 Å². The number of nitrogens with zero attached hydrogens (tertiary/aromatic N) is 1. The van der Waals surface area contributed by atoms with Crippen molar-refractivity contribution >= 4 is 7.25 Å². The topological polar surface area (TPSA) is 3.88 Å². The fourth-order valence-electron chi connectivity index (χ4n) is 1.13. The third-order valence-corrected chi connectivity index (χ3v) is 1.64. The molecule has 1 nitrogen and oxygen atoms in total. The fraction of sp³-hybridized carbons (Fsp3) is 0.182. The molecule has 0 bridgehead atoms. The number of hydrogen-bond donors (Lipinski definition) is 0. The number of pyridine rings is 1. The summed E-state index contributed by atoms with van der Waals surface area (Å²) in [5.41, 5.74) is 1.29. The van der Waals surface area contributed by atoms with Crippen LogP contribution in [0.5, 0.6) is 0 Å². The van der Waals surface area contributed by atoms with Gasteiger partial charge in [-0.2, -0.15) is 0 Å². The minimum atomic E-state index is -6.00. The van der Waals surface area contributed by atoms with Crippen molar-refractivity contribution in [3.05, 3.63) is 55.4 Å². The lowest BCUT2D eigenvalue weighted by molar-refractivity contribution is -0.687. The van der Waals surface area contributed by atoms with Gasteiger partial charge in [-0.1, -0.05) is 12.7 Å². The van der Waals surface area contributed by atoms with Gasteiger partial charge in [0, 0.05) is 11.6 Å². The van der Waals surface area contributed by atoms with E-state index >= 15 is 0 Å². The number of rotatable bonds is 4. The lowest BCUT2D eigenvalue weighted by Crippen LogP contribution is -2.31. The Morgan fingerprint density at radius 3 is 2.24 bits per heavy atom. The van der Waals surface area contributed by atoms with E-state index < -0.39 is 7.25 Å². The number of allylic oxidation sites excluding steroid dienone is 2. The third-order valence-electron chi connectivity index (χ3n) is 1.64. The predicted octanol–water partition coefficient (Wildman–Crippen LogP) is 3.19. The second-order valence-corrected chi connectivity index (χ2v) is 3.19. The summed E-state index contributed by atoms with van der Waals surface area (Å²) in [7, 11) is -6.00. The highest BCUT2D eigenvalue weighted by molar-refractivity contribution is 6.50. The quantitative estimate of drug-likeness (QED) is 0.333. The minimum Gasteiger partial charge on any atom is -0.418 e. The van der Waals surface area contributed by atoms with E-state index in [1.54, 1.807) is 0 Å². The Kier molecular flexibility index (Phi) is 6.94. The van der Waals surface area contributed by atoms with Gasteiger partial charge in [-0.15, -0.1) is 6.58 Å². The van der Waals surface area contributed by atoms with Gasteiger partial charge >= 0.3 is 7.25 Å². The van der Waals surface area contributed by atoms with Gasteiger partial charge in [-0.3, -0.25) is 0 Å². The maximum Gasteiger partial charge on any atom is 0.673 e. The molecule has 6 heteroatoms. The molecule has 0 radical (unpaired) electrons. The highest BCUT2D eigenvalue weighted by Crippen LogP contribution is 2.06. The molecule has 0 amide bonds. The molecule has 0 aliphatic carbocycles. The second kappa shape index (κ2) is 7.65. The first kappa shape index (κ1) is 15.4. The largest absolute Gasteiger partial charge is 0.673 e. The third kappa shape index (κ3) is 10.7. The molecule has 0 unspecified atom stereocenters. The van der Waals surface area contributed by atoms with Crippen LogP contribution in [0.15, 0.2) is 49.8 Å². The molecule has 0 saturated heterocycles. The maximum absolute atomic E-state index is 9.75. The predicted molar refractivity (Wildman–Crippen MR) is 60.9 cm³/mol. The number of halogens is 4. The Hall–Kier alpha value is -1.59.